The highest BCUT2D eigenvalue weighted by atomic mass is 16.3. The number of nitrogens with one attached hydrogen (secondary N) is 1. The number of aliphatic hydroxyl groups excluding tert-OH is 1. The van der Waals surface area contributed by atoms with Crippen LogP contribution in [-0.2, 0) is 11.8 Å². The average Bonchev–Trinajstić information content (AvgIpc) is 3.14. The molecule has 0 atom stereocenters. The van der Waals surface area contributed by atoms with Gasteiger partial charge in [-0.05, 0) is 49.1 Å². The summed E-state index contributed by atoms with van der Waals surface area (Å²) >= 11 is 0. The van der Waals surface area contributed by atoms with Crippen molar-refractivity contribution in [3.05, 3.63) is 36.9 Å². The van der Waals surface area contributed by atoms with E-state index in [0.717, 1.165) is 47.7 Å². The zero-order chi connectivity index (χ0) is 18.8. The van der Waals surface area contributed by atoms with Gasteiger partial charge in [0.05, 0.1) is 11.9 Å². The van der Waals surface area contributed by atoms with E-state index in [0.29, 0.717) is 11.7 Å². The number of aryl methyl sites for hydroxylation is 1. The molecule has 0 aliphatic heterocycles. The maximum absolute atomic E-state index is 12.6. The Labute approximate surface area is 157 Å². The monoisotopic (exact) mass is 365 g/mol. The highest BCUT2D eigenvalue weighted by Gasteiger charge is 2.26. The van der Waals surface area contributed by atoms with Gasteiger partial charge in [0.25, 0.3) is 0 Å². The molecule has 2 N–H and O–H groups in total. The second-order valence-corrected chi connectivity index (χ2v) is 7.28. The summed E-state index contributed by atoms with van der Waals surface area (Å²) in [4.78, 5) is 21.4. The molecular weight excluding hydrogens is 342 g/mol. The second kappa shape index (κ2) is 7.44. The number of hydrogen-bond acceptors (Lipinski definition) is 5. The molecule has 27 heavy (non-hydrogen) atoms. The Kier molecular flexibility index (Phi) is 4.85. The van der Waals surface area contributed by atoms with E-state index < -0.39 is 0 Å². The van der Waals surface area contributed by atoms with Crippen LogP contribution in [0.15, 0.2) is 36.9 Å². The fraction of sp³-hybridized carbons (Fsp3) is 0.400. The molecule has 0 aromatic carbocycles. The zero-order valence-corrected chi connectivity index (χ0v) is 15.3. The average molecular weight is 365 g/mol. The summed E-state index contributed by atoms with van der Waals surface area (Å²) in [5.41, 5.74) is 1.78. The molecule has 1 fully saturated rings. The second-order valence-electron chi connectivity index (χ2n) is 7.28. The Balaban J connectivity index is 1.51. The van der Waals surface area contributed by atoms with Crippen molar-refractivity contribution in [3.8, 4) is 11.3 Å². The molecule has 3 aromatic heterocycles. The maximum atomic E-state index is 12.6. The van der Waals surface area contributed by atoms with Crippen LogP contribution in [0.3, 0.4) is 0 Å². The molecule has 140 valence electrons. The molecule has 0 spiro atoms. The largest absolute Gasteiger partial charge is 0.396 e. The summed E-state index contributed by atoms with van der Waals surface area (Å²) in [5, 5.41) is 18.3. The topological polar surface area (TPSA) is 92.9 Å². The number of amides is 1. The Bertz CT molecular complexity index is 960. The number of aliphatic hydroxyl groups is 1. The molecule has 0 bridgehead atoms. The van der Waals surface area contributed by atoms with Crippen LogP contribution >= 0.6 is 0 Å². The van der Waals surface area contributed by atoms with Crippen LogP contribution < -0.4 is 5.32 Å². The number of hydrogen-bond donors (Lipinski definition) is 2. The van der Waals surface area contributed by atoms with Crippen LogP contribution in [0.4, 0.5) is 5.82 Å². The molecular formula is C20H23N5O2. The predicted octanol–water partition coefficient (Wildman–Crippen LogP) is 2.77. The number of fused-ring (bicyclic) bond motifs is 1. The Morgan fingerprint density at radius 2 is 1.93 bits per heavy atom. The molecule has 0 saturated heterocycles. The minimum atomic E-state index is -0.00584. The van der Waals surface area contributed by atoms with Gasteiger partial charge in [-0.25, -0.2) is 4.98 Å². The number of pyridine rings is 2. The van der Waals surface area contributed by atoms with Gasteiger partial charge in [-0.3, -0.25) is 14.5 Å². The van der Waals surface area contributed by atoms with Crippen molar-refractivity contribution in [2.45, 2.75) is 25.7 Å². The molecule has 7 heteroatoms. The van der Waals surface area contributed by atoms with Gasteiger partial charge in [-0.1, -0.05) is 0 Å². The summed E-state index contributed by atoms with van der Waals surface area (Å²) in [6.07, 6.45) is 10.7. The smallest absolute Gasteiger partial charge is 0.228 e. The van der Waals surface area contributed by atoms with Gasteiger partial charge in [0.1, 0.15) is 5.82 Å². The Morgan fingerprint density at radius 3 is 2.63 bits per heavy atom. The number of anilines is 1. The SMILES string of the molecule is Cn1cc(-c2cc3cc(NC(=O)[C@H]4CC[C@H](CO)CC4)ncc3cn2)cn1. The van der Waals surface area contributed by atoms with E-state index >= 15 is 0 Å². The van der Waals surface area contributed by atoms with Crippen LogP contribution in [0.5, 0.6) is 0 Å². The third-order valence-electron chi connectivity index (χ3n) is 5.33. The van der Waals surface area contributed by atoms with Crippen molar-refractivity contribution >= 4 is 22.5 Å². The predicted molar refractivity (Wildman–Crippen MR) is 103 cm³/mol. The molecule has 7 nitrogen and oxygen atoms in total. The molecule has 3 heterocycles. The van der Waals surface area contributed by atoms with Crippen LogP contribution in [0.25, 0.3) is 22.0 Å². The number of nitrogens with zero attached hydrogens (tertiary/aromatic N) is 4. The Hall–Kier alpha value is -2.80. The highest BCUT2D eigenvalue weighted by Crippen LogP contribution is 2.29. The summed E-state index contributed by atoms with van der Waals surface area (Å²) < 4.78 is 1.74. The molecule has 1 aliphatic carbocycles. The number of rotatable bonds is 4. The first-order valence-electron chi connectivity index (χ1n) is 9.29. The van der Waals surface area contributed by atoms with E-state index in [9.17, 15) is 9.90 Å². The lowest BCUT2D eigenvalue weighted by Gasteiger charge is -2.26. The number of carbonyl (C=O) groups is 1. The van der Waals surface area contributed by atoms with E-state index in [2.05, 4.69) is 20.4 Å². The molecule has 1 amide bonds. The first kappa shape index (κ1) is 17.6. The van der Waals surface area contributed by atoms with Crippen molar-refractivity contribution in [1.82, 2.24) is 19.7 Å². The lowest BCUT2D eigenvalue weighted by atomic mass is 9.82. The lowest BCUT2D eigenvalue weighted by molar-refractivity contribution is -0.121. The maximum Gasteiger partial charge on any atom is 0.228 e. The minimum Gasteiger partial charge on any atom is -0.396 e. The minimum absolute atomic E-state index is 0.00584. The molecule has 4 rings (SSSR count). The summed E-state index contributed by atoms with van der Waals surface area (Å²) in [6, 6.07) is 3.87. The van der Waals surface area contributed by atoms with E-state index in [1.54, 1.807) is 23.3 Å². The van der Waals surface area contributed by atoms with Crippen LogP contribution in [0.1, 0.15) is 25.7 Å². The van der Waals surface area contributed by atoms with Crippen molar-refractivity contribution < 1.29 is 9.90 Å². The number of carbonyl (C=O) groups excluding carboxylic acids is 1. The van der Waals surface area contributed by atoms with Crippen LogP contribution in [0, 0.1) is 11.8 Å². The Morgan fingerprint density at radius 1 is 1.15 bits per heavy atom. The molecule has 0 radical (unpaired) electrons. The van der Waals surface area contributed by atoms with E-state index in [-0.39, 0.29) is 18.4 Å². The summed E-state index contributed by atoms with van der Waals surface area (Å²) in [7, 11) is 1.87. The first-order valence-corrected chi connectivity index (χ1v) is 9.29. The van der Waals surface area contributed by atoms with Crippen molar-refractivity contribution in [3.63, 3.8) is 0 Å². The lowest BCUT2D eigenvalue weighted by Crippen LogP contribution is -2.28. The van der Waals surface area contributed by atoms with Crippen LogP contribution in [-0.4, -0.2) is 37.4 Å². The van der Waals surface area contributed by atoms with Crippen molar-refractivity contribution in [2.75, 3.05) is 11.9 Å². The quantitative estimate of drug-likeness (QED) is 0.742. The molecule has 1 saturated carbocycles. The van der Waals surface area contributed by atoms with Gasteiger partial charge >= 0.3 is 0 Å². The third-order valence-corrected chi connectivity index (χ3v) is 5.33. The van der Waals surface area contributed by atoms with E-state index in [4.69, 9.17) is 0 Å². The van der Waals surface area contributed by atoms with Gasteiger partial charge in [-0.2, -0.15) is 5.10 Å². The first-order chi connectivity index (χ1) is 13.1. The molecule has 1 aliphatic rings. The fourth-order valence-corrected chi connectivity index (χ4v) is 3.65. The van der Waals surface area contributed by atoms with Gasteiger partial charge in [-0.15, -0.1) is 0 Å². The fourth-order valence-electron chi connectivity index (χ4n) is 3.65. The highest BCUT2D eigenvalue weighted by molar-refractivity contribution is 5.94. The van der Waals surface area contributed by atoms with Gasteiger partial charge < -0.3 is 10.4 Å². The van der Waals surface area contributed by atoms with Gasteiger partial charge in [0.15, 0.2) is 0 Å². The van der Waals surface area contributed by atoms with Crippen LogP contribution in [0.2, 0.25) is 0 Å². The molecule has 0 unspecified atom stereocenters. The van der Waals surface area contributed by atoms with E-state index in [1.807, 2.05) is 25.4 Å². The van der Waals surface area contributed by atoms with Gasteiger partial charge in [0, 0.05) is 49.1 Å². The summed E-state index contributed by atoms with van der Waals surface area (Å²) in [6.45, 7) is 0.216. The number of aromatic nitrogens is 4. The molecule has 3 aromatic rings. The normalized spacial score (nSPS) is 19.9. The summed E-state index contributed by atoms with van der Waals surface area (Å²) in [5.74, 6) is 0.903. The van der Waals surface area contributed by atoms with Crippen molar-refractivity contribution in [1.29, 1.82) is 0 Å². The standard InChI is InChI=1S/C20H23N5O2/c1-25-11-17(10-23-25)18-6-15-7-19(22-9-16(15)8-21-18)24-20(27)14-4-2-13(12-26)3-5-14/h6-11,13-14,26H,2-5,12H2,1H3,(H,22,24,27)/t13-,14-. The van der Waals surface area contributed by atoms with Gasteiger partial charge in [0.2, 0.25) is 5.91 Å². The zero-order valence-electron chi connectivity index (χ0n) is 15.3. The van der Waals surface area contributed by atoms with Crippen molar-refractivity contribution in [2.24, 2.45) is 18.9 Å². The van der Waals surface area contributed by atoms with E-state index in [1.165, 1.54) is 0 Å². The third kappa shape index (κ3) is 3.83.